The molecule has 0 aromatic carbocycles. The van der Waals surface area contributed by atoms with Crippen LogP contribution >= 0.6 is 0 Å². The molecule has 0 spiro atoms. The lowest BCUT2D eigenvalue weighted by atomic mass is 9.77. The average molecular weight is 307 g/mol. The lowest BCUT2D eigenvalue weighted by Gasteiger charge is -2.30. The van der Waals surface area contributed by atoms with Gasteiger partial charge in [0, 0.05) is 13.0 Å². The van der Waals surface area contributed by atoms with Gasteiger partial charge < -0.3 is 15.1 Å². The molecule has 0 unspecified atom stereocenters. The van der Waals surface area contributed by atoms with Crippen LogP contribution in [0.25, 0.3) is 0 Å². The van der Waals surface area contributed by atoms with Gasteiger partial charge in [0.25, 0.3) is 6.43 Å². The zero-order valence-corrected chi connectivity index (χ0v) is 12.1. The highest BCUT2D eigenvalue weighted by molar-refractivity contribution is 5.85. The molecule has 5 nitrogen and oxygen atoms in total. The topological polar surface area (TPSA) is 77.8 Å². The fourth-order valence-electron chi connectivity index (χ4n) is 2.88. The van der Waals surface area contributed by atoms with Crippen LogP contribution in [0.2, 0.25) is 0 Å². The predicted molar refractivity (Wildman–Crippen MR) is 72.1 cm³/mol. The summed E-state index contributed by atoms with van der Waals surface area (Å²) in [7, 11) is 0. The van der Waals surface area contributed by atoms with E-state index < -0.39 is 36.9 Å². The third-order valence-corrected chi connectivity index (χ3v) is 4.08. The second-order valence-electron chi connectivity index (χ2n) is 5.63. The van der Waals surface area contributed by atoms with E-state index in [-0.39, 0.29) is 13.0 Å². The molecule has 0 atom stereocenters. The van der Waals surface area contributed by atoms with Gasteiger partial charge in [-0.1, -0.05) is 25.7 Å². The molecule has 0 saturated heterocycles. The minimum Gasteiger partial charge on any atom is -0.481 e. The molecule has 0 bridgehead atoms. The van der Waals surface area contributed by atoms with Gasteiger partial charge in [0.15, 0.2) is 0 Å². The van der Waals surface area contributed by atoms with E-state index in [0.29, 0.717) is 12.8 Å². The minimum atomic E-state index is -2.70. The maximum Gasteiger partial charge on any atom is 0.310 e. The van der Waals surface area contributed by atoms with Crippen LogP contribution in [0.4, 0.5) is 8.78 Å². The van der Waals surface area contributed by atoms with Crippen LogP contribution in [0, 0.1) is 5.41 Å². The molecule has 0 heterocycles. The number of aliphatic carboxylic acids is 1. The first kappa shape index (κ1) is 17.8. The molecule has 1 aliphatic carbocycles. The van der Waals surface area contributed by atoms with Crippen LogP contribution in [0.3, 0.4) is 0 Å². The number of hydrogen-bond acceptors (Lipinski definition) is 3. The van der Waals surface area contributed by atoms with Crippen LogP contribution < -0.4 is 0 Å². The molecule has 2 N–H and O–H groups in total. The van der Waals surface area contributed by atoms with E-state index in [1.54, 1.807) is 0 Å². The Balaban J connectivity index is 2.80. The molecule has 0 aromatic rings. The number of carboxylic acid groups (broad SMARTS) is 1. The Bertz CT molecular complexity index is 355. The number of carbonyl (C=O) groups excluding carboxylic acids is 1. The SMILES string of the molecule is O=C(CC1(C(=O)O)CCCCCC1)N(CCO)CC(F)F. The number of aliphatic hydroxyl groups is 1. The van der Waals surface area contributed by atoms with Gasteiger partial charge in [-0.25, -0.2) is 8.78 Å². The van der Waals surface area contributed by atoms with E-state index in [0.717, 1.165) is 30.6 Å². The van der Waals surface area contributed by atoms with Gasteiger partial charge in [0.05, 0.1) is 18.6 Å². The summed E-state index contributed by atoms with van der Waals surface area (Å²) in [6.45, 7) is -1.38. The van der Waals surface area contributed by atoms with Crippen molar-refractivity contribution in [2.24, 2.45) is 5.41 Å². The fraction of sp³-hybridized carbons (Fsp3) is 0.857. The van der Waals surface area contributed by atoms with Gasteiger partial charge >= 0.3 is 5.97 Å². The first-order valence-electron chi connectivity index (χ1n) is 7.31. The fourth-order valence-corrected chi connectivity index (χ4v) is 2.88. The number of alkyl halides is 2. The molecule has 1 fully saturated rings. The van der Waals surface area contributed by atoms with Gasteiger partial charge in [0.1, 0.15) is 0 Å². The van der Waals surface area contributed by atoms with Gasteiger partial charge in [-0.05, 0) is 12.8 Å². The molecule has 7 heteroatoms. The maximum atomic E-state index is 12.5. The van der Waals surface area contributed by atoms with Crippen molar-refractivity contribution in [3.63, 3.8) is 0 Å². The van der Waals surface area contributed by atoms with Gasteiger partial charge in [-0.15, -0.1) is 0 Å². The number of carboxylic acids is 1. The number of amides is 1. The van der Waals surface area contributed by atoms with Crippen LogP contribution in [-0.4, -0.2) is 53.1 Å². The summed E-state index contributed by atoms with van der Waals surface area (Å²) >= 11 is 0. The quantitative estimate of drug-likeness (QED) is 0.704. The predicted octanol–water partition coefficient (Wildman–Crippen LogP) is 1.89. The van der Waals surface area contributed by atoms with Crippen molar-refractivity contribution in [2.75, 3.05) is 19.7 Å². The van der Waals surface area contributed by atoms with Crippen molar-refractivity contribution < 1.29 is 28.6 Å². The Labute approximate surface area is 122 Å². The molecule has 0 aliphatic heterocycles. The number of nitrogens with zero attached hydrogens (tertiary/aromatic N) is 1. The van der Waals surface area contributed by atoms with E-state index >= 15 is 0 Å². The summed E-state index contributed by atoms with van der Waals surface area (Å²) < 4.78 is 24.9. The Morgan fingerprint density at radius 1 is 1.14 bits per heavy atom. The first-order chi connectivity index (χ1) is 9.91. The van der Waals surface area contributed by atoms with Gasteiger partial charge in [0.2, 0.25) is 5.91 Å². The third-order valence-electron chi connectivity index (χ3n) is 4.08. The number of aliphatic hydroxyl groups excluding tert-OH is 1. The standard InChI is InChI=1S/C14H23F2NO4/c15-11(16)10-17(7-8-18)12(19)9-14(13(20)21)5-3-1-2-4-6-14/h11,18H,1-10H2,(H,20,21). The molecule has 21 heavy (non-hydrogen) atoms. The van der Waals surface area contributed by atoms with E-state index in [2.05, 4.69) is 0 Å². The molecule has 0 radical (unpaired) electrons. The molecule has 1 rings (SSSR count). The first-order valence-corrected chi connectivity index (χ1v) is 7.31. The van der Waals surface area contributed by atoms with E-state index in [4.69, 9.17) is 5.11 Å². The molecular formula is C14H23F2NO4. The Morgan fingerprint density at radius 3 is 2.14 bits per heavy atom. The molecule has 122 valence electrons. The number of rotatable bonds is 7. The van der Waals surface area contributed by atoms with Crippen molar-refractivity contribution in [1.82, 2.24) is 4.90 Å². The summed E-state index contributed by atoms with van der Waals surface area (Å²) in [5, 5.41) is 18.4. The molecule has 1 amide bonds. The van der Waals surface area contributed by atoms with E-state index in [1.165, 1.54) is 0 Å². The Hall–Kier alpha value is -1.24. The van der Waals surface area contributed by atoms with Crippen LogP contribution in [0.1, 0.15) is 44.9 Å². The zero-order chi connectivity index (χ0) is 15.9. The van der Waals surface area contributed by atoms with Gasteiger partial charge in [-0.2, -0.15) is 0 Å². The Kier molecular flexibility index (Phi) is 7.01. The highest BCUT2D eigenvalue weighted by Crippen LogP contribution is 2.39. The van der Waals surface area contributed by atoms with Crippen molar-refractivity contribution in [3.05, 3.63) is 0 Å². The molecule has 1 saturated carbocycles. The second-order valence-corrected chi connectivity index (χ2v) is 5.63. The van der Waals surface area contributed by atoms with Crippen LogP contribution in [0.15, 0.2) is 0 Å². The monoisotopic (exact) mass is 307 g/mol. The summed E-state index contributed by atoms with van der Waals surface area (Å²) in [6.07, 6.45) is 1.15. The maximum absolute atomic E-state index is 12.5. The van der Waals surface area contributed by atoms with Gasteiger partial charge in [-0.3, -0.25) is 9.59 Å². The summed E-state index contributed by atoms with van der Waals surface area (Å²) in [4.78, 5) is 24.6. The summed E-state index contributed by atoms with van der Waals surface area (Å²) in [6, 6.07) is 0. The number of carbonyl (C=O) groups is 2. The Morgan fingerprint density at radius 2 is 1.71 bits per heavy atom. The van der Waals surface area contributed by atoms with Crippen molar-refractivity contribution in [3.8, 4) is 0 Å². The highest BCUT2D eigenvalue weighted by Gasteiger charge is 2.41. The highest BCUT2D eigenvalue weighted by atomic mass is 19.3. The van der Waals surface area contributed by atoms with Crippen molar-refractivity contribution >= 4 is 11.9 Å². The third kappa shape index (κ3) is 5.22. The lowest BCUT2D eigenvalue weighted by Crippen LogP contribution is -2.42. The number of halogens is 2. The number of hydrogen-bond donors (Lipinski definition) is 2. The summed E-state index contributed by atoms with van der Waals surface area (Å²) in [5.41, 5.74) is -1.15. The van der Waals surface area contributed by atoms with Crippen LogP contribution in [0.5, 0.6) is 0 Å². The largest absolute Gasteiger partial charge is 0.481 e. The second kappa shape index (κ2) is 8.26. The normalized spacial score (nSPS) is 18.3. The van der Waals surface area contributed by atoms with Crippen molar-refractivity contribution in [1.29, 1.82) is 0 Å². The lowest BCUT2D eigenvalue weighted by molar-refractivity contribution is -0.155. The van der Waals surface area contributed by atoms with E-state index in [1.807, 2.05) is 0 Å². The smallest absolute Gasteiger partial charge is 0.310 e. The minimum absolute atomic E-state index is 0.196. The molecule has 0 aromatic heterocycles. The zero-order valence-electron chi connectivity index (χ0n) is 12.1. The van der Waals surface area contributed by atoms with Crippen LogP contribution in [-0.2, 0) is 9.59 Å². The van der Waals surface area contributed by atoms with E-state index in [9.17, 15) is 23.5 Å². The summed E-state index contributed by atoms with van der Waals surface area (Å²) in [5.74, 6) is -1.65. The molecular weight excluding hydrogens is 284 g/mol. The van der Waals surface area contributed by atoms with Crippen molar-refractivity contribution in [2.45, 2.75) is 51.4 Å². The average Bonchev–Trinajstić information content (AvgIpc) is 2.64. The molecule has 1 aliphatic rings.